The van der Waals surface area contributed by atoms with Crippen molar-refractivity contribution < 1.29 is 19.1 Å². The molecule has 0 atom stereocenters. The van der Waals surface area contributed by atoms with Crippen LogP contribution in [0, 0.1) is 6.92 Å². The molecule has 0 radical (unpaired) electrons. The van der Waals surface area contributed by atoms with Crippen molar-refractivity contribution in [1.82, 2.24) is 4.90 Å². The van der Waals surface area contributed by atoms with Gasteiger partial charge in [0.15, 0.2) is 0 Å². The minimum absolute atomic E-state index is 0.153. The molecule has 0 saturated heterocycles. The Labute approximate surface area is 177 Å². The summed E-state index contributed by atoms with van der Waals surface area (Å²) in [7, 11) is 3.28. The monoisotopic (exact) mass is 466 g/mol. The largest absolute Gasteiger partial charge is 0.459 e. The number of nitrogens with one attached hydrogen (secondary N) is 1. The molecule has 0 bridgehead atoms. The number of thiophene rings is 1. The molecule has 6 nitrogen and oxygen atoms in total. The highest BCUT2D eigenvalue weighted by atomic mass is 79.9. The minimum atomic E-state index is -0.555. The number of hydrogen-bond donors (Lipinski definition) is 1. The van der Waals surface area contributed by atoms with Gasteiger partial charge in [-0.2, -0.15) is 0 Å². The highest BCUT2D eigenvalue weighted by molar-refractivity contribution is 9.10. The topological polar surface area (TPSA) is 75.7 Å². The summed E-state index contributed by atoms with van der Waals surface area (Å²) >= 11 is 4.45. The maximum absolute atomic E-state index is 12.6. The first kappa shape index (κ1) is 22.1. The van der Waals surface area contributed by atoms with Crippen LogP contribution in [0.1, 0.15) is 45.0 Å². The van der Waals surface area contributed by atoms with Crippen LogP contribution in [0.2, 0.25) is 0 Å². The van der Waals surface area contributed by atoms with Gasteiger partial charge in [-0.1, -0.05) is 28.1 Å². The minimum Gasteiger partial charge on any atom is -0.459 e. The number of esters is 1. The van der Waals surface area contributed by atoms with Crippen molar-refractivity contribution in [3.8, 4) is 0 Å². The molecular weight excluding hydrogens is 444 g/mol. The Kier molecular flexibility index (Phi) is 7.37. The van der Waals surface area contributed by atoms with Gasteiger partial charge in [0.25, 0.3) is 5.91 Å². The second kappa shape index (κ2) is 9.34. The zero-order valence-corrected chi connectivity index (χ0v) is 18.9. The predicted molar refractivity (Wildman–Crippen MR) is 114 cm³/mol. The second-order valence-corrected chi connectivity index (χ2v) is 8.70. The molecule has 0 aliphatic carbocycles. The van der Waals surface area contributed by atoms with Crippen LogP contribution in [-0.4, -0.2) is 42.9 Å². The number of halogens is 1. The van der Waals surface area contributed by atoms with Gasteiger partial charge in [0, 0.05) is 18.6 Å². The molecule has 0 saturated carbocycles. The van der Waals surface area contributed by atoms with E-state index in [2.05, 4.69) is 21.2 Å². The number of anilines is 1. The van der Waals surface area contributed by atoms with E-state index in [9.17, 15) is 14.4 Å². The fourth-order valence-electron chi connectivity index (χ4n) is 2.49. The van der Waals surface area contributed by atoms with Crippen LogP contribution >= 0.6 is 27.3 Å². The molecular formula is C20H23BrN2O4S. The van der Waals surface area contributed by atoms with Crippen LogP contribution in [0.25, 0.3) is 0 Å². The lowest BCUT2D eigenvalue weighted by atomic mass is 10.1. The molecule has 150 valence electrons. The van der Waals surface area contributed by atoms with Crippen molar-refractivity contribution in [1.29, 1.82) is 0 Å². The van der Waals surface area contributed by atoms with Crippen molar-refractivity contribution >= 4 is 50.1 Å². The summed E-state index contributed by atoms with van der Waals surface area (Å²) in [5.41, 5.74) is 1.58. The summed E-state index contributed by atoms with van der Waals surface area (Å²) in [5, 5.41) is 3.11. The highest BCUT2D eigenvalue weighted by Gasteiger charge is 2.27. The Bertz CT molecular complexity index is 888. The molecule has 1 heterocycles. The molecule has 2 amide bonds. The zero-order valence-electron chi connectivity index (χ0n) is 16.5. The zero-order chi connectivity index (χ0) is 21.0. The summed E-state index contributed by atoms with van der Waals surface area (Å²) in [6.45, 7) is 5.18. The van der Waals surface area contributed by atoms with Gasteiger partial charge in [0.05, 0.1) is 23.0 Å². The van der Waals surface area contributed by atoms with Crippen LogP contribution in [0.3, 0.4) is 0 Å². The number of ether oxygens (including phenoxy) is 1. The molecule has 1 aromatic carbocycles. The second-order valence-electron chi connectivity index (χ2n) is 6.77. The molecule has 2 aromatic rings. The van der Waals surface area contributed by atoms with E-state index >= 15 is 0 Å². The lowest BCUT2D eigenvalue weighted by Crippen LogP contribution is -2.21. The van der Waals surface area contributed by atoms with E-state index in [1.165, 1.54) is 4.90 Å². The fraction of sp³-hybridized carbons (Fsp3) is 0.350. The SMILES string of the molecule is Cc1c(C(=O)N(C)C)sc(NC(=O)Cc2ccc(Br)cc2)c1C(=O)OC(C)C. The van der Waals surface area contributed by atoms with Crippen LogP contribution in [0.15, 0.2) is 28.7 Å². The Hall–Kier alpha value is -2.19. The Morgan fingerprint density at radius 1 is 1.18 bits per heavy atom. The Morgan fingerprint density at radius 2 is 1.79 bits per heavy atom. The molecule has 0 aliphatic heterocycles. The average Bonchev–Trinajstić information content (AvgIpc) is 2.91. The van der Waals surface area contributed by atoms with Crippen LogP contribution in [-0.2, 0) is 16.0 Å². The van der Waals surface area contributed by atoms with Gasteiger partial charge >= 0.3 is 5.97 Å². The van der Waals surface area contributed by atoms with Crippen molar-refractivity contribution in [2.75, 3.05) is 19.4 Å². The Balaban J connectivity index is 2.33. The van der Waals surface area contributed by atoms with E-state index in [0.29, 0.717) is 15.4 Å². The van der Waals surface area contributed by atoms with Gasteiger partial charge in [-0.15, -0.1) is 11.3 Å². The summed E-state index contributed by atoms with van der Waals surface area (Å²) in [6, 6.07) is 7.41. The summed E-state index contributed by atoms with van der Waals surface area (Å²) in [6.07, 6.45) is -0.161. The van der Waals surface area contributed by atoms with E-state index in [4.69, 9.17) is 4.74 Å². The van der Waals surface area contributed by atoms with E-state index < -0.39 is 5.97 Å². The molecule has 8 heteroatoms. The van der Waals surface area contributed by atoms with Gasteiger partial charge < -0.3 is 15.0 Å². The van der Waals surface area contributed by atoms with Crippen LogP contribution in [0.4, 0.5) is 5.00 Å². The van der Waals surface area contributed by atoms with E-state index in [0.717, 1.165) is 21.4 Å². The van der Waals surface area contributed by atoms with Gasteiger partial charge in [-0.05, 0) is 44.0 Å². The summed E-state index contributed by atoms with van der Waals surface area (Å²) < 4.78 is 6.24. The van der Waals surface area contributed by atoms with E-state index in [1.807, 2.05) is 24.3 Å². The fourth-order valence-corrected chi connectivity index (χ4v) is 3.98. The van der Waals surface area contributed by atoms with Gasteiger partial charge in [0.1, 0.15) is 5.00 Å². The number of nitrogens with zero attached hydrogens (tertiary/aromatic N) is 1. The quantitative estimate of drug-likeness (QED) is 0.644. The van der Waals surface area contributed by atoms with Crippen LogP contribution < -0.4 is 5.32 Å². The summed E-state index contributed by atoms with van der Waals surface area (Å²) in [5.74, 6) is -1.05. The van der Waals surface area contributed by atoms with Crippen molar-refractivity contribution in [3.63, 3.8) is 0 Å². The number of benzene rings is 1. The smallest absolute Gasteiger partial charge is 0.341 e. The maximum Gasteiger partial charge on any atom is 0.341 e. The number of hydrogen-bond acceptors (Lipinski definition) is 5. The molecule has 2 rings (SSSR count). The van der Waals surface area contributed by atoms with Gasteiger partial charge in [-0.3, -0.25) is 9.59 Å². The van der Waals surface area contributed by atoms with Gasteiger partial charge in [-0.25, -0.2) is 4.79 Å². The first-order chi connectivity index (χ1) is 13.1. The molecule has 0 spiro atoms. The molecule has 0 unspecified atom stereocenters. The third kappa shape index (κ3) is 5.42. The first-order valence-electron chi connectivity index (χ1n) is 8.70. The number of carbonyl (C=O) groups excluding carboxylic acids is 3. The maximum atomic E-state index is 12.6. The predicted octanol–water partition coefficient (Wildman–Crippen LogP) is 4.27. The number of rotatable bonds is 6. The molecule has 28 heavy (non-hydrogen) atoms. The van der Waals surface area contributed by atoms with E-state index in [-0.39, 0.29) is 29.9 Å². The third-order valence-electron chi connectivity index (χ3n) is 3.82. The van der Waals surface area contributed by atoms with Crippen molar-refractivity contribution in [2.45, 2.75) is 33.3 Å². The lowest BCUT2D eigenvalue weighted by Gasteiger charge is -2.11. The standard InChI is InChI=1S/C20H23BrN2O4S/c1-11(2)27-20(26)16-12(3)17(19(25)23(4)5)28-18(16)22-15(24)10-13-6-8-14(21)9-7-13/h6-9,11H,10H2,1-5H3,(H,22,24). The highest BCUT2D eigenvalue weighted by Crippen LogP contribution is 2.34. The molecule has 1 aromatic heterocycles. The van der Waals surface area contributed by atoms with Crippen molar-refractivity contribution in [2.24, 2.45) is 0 Å². The number of carbonyl (C=O) groups is 3. The first-order valence-corrected chi connectivity index (χ1v) is 10.3. The molecule has 1 N–H and O–H groups in total. The Morgan fingerprint density at radius 3 is 2.32 bits per heavy atom. The molecule has 0 aliphatic rings. The van der Waals surface area contributed by atoms with Crippen LogP contribution in [0.5, 0.6) is 0 Å². The summed E-state index contributed by atoms with van der Waals surface area (Å²) in [4.78, 5) is 39.4. The van der Waals surface area contributed by atoms with Crippen molar-refractivity contribution in [3.05, 3.63) is 50.3 Å². The van der Waals surface area contributed by atoms with E-state index in [1.54, 1.807) is 34.9 Å². The normalized spacial score (nSPS) is 10.7. The third-order valence-corrected chi connectivity index (χ3v) is 5.55. The number of amides is 2. The lowest BCUT2D eigenvalue weighted by molar-refractivity contribution is -0.115. The average molecular weight is 467 g/mol. The van der Waals surface area contributed by atoms with Gasteiger partial charge in [0.2, 0.25) is 5.91 Å². The molecule has 0 fully saturated rings.